The SMILES string of the molecule is CCNC(=NCCCC(=O)NC1CC1)NC(C)c1ccc(OCC)c(OCC)c1. The molecule has 1 aliphatic rings. The number of carbonyl (C=O) groups is 1. The van der Waals surface area contributed by atoms with Gasteiger partial charge in [0.05, 0.1) is 19.3 Å². The molecule has 1 aromatic rings. The van der Waals surface area contributed by atoms with Crippen molar-refractivity contribution in [3.63, 3.8) is 0 Å². The largest absolute Gasteiger partial charge is 0.490 e. The first-order chi connectivity index (χ1) is 14.1. The van der Waals surface area contributed by atoms with Gasteiger partial charge >= 0.3 is 0 Å². The molecule has 1 amide bonds. The molecule has 162 valence electrons. The van der Waals surface area contributed by atoms with Gasteiger partial charge < -0.3 is 25.4 Å². The van der Waals surface area contributed by atoms with E-state index in [-0.39, 0.29) is 11.9 Å². The van der Waals surface area contributed by atoms with Gasteiger partial charge in [0.2, 0.25) is 5.91 Å². The number of ether oxygens (including phenoxy) is 2. The molecule has 0 radical (unpaired) electrons. The molecule has 0 saturated heterocycles. The fourth-order valence-corrected chi connectivity index (χ4v) is 2.90. The molecule has 29 heavy (non-hydrogen) atoms. The van der Waals surface area contributed by atoms with Crippen LogP contribution < -0.4 is 25.4 Å². The third kappa shape index (κ3) is 8.21. The number of guanidine groups is 1. The predicted octanol–water partition coefficient (Wildman–Crippen LogP) is 3.16. The topological polar surface area (TPSA) is 84.0 Å². The second-order valence-electron chi connectivity index (χ2n) is 7.14. The van der Waals surface area contributed by atoms with Crippen LogP contribution in [0.25, 0.3) is 0 Å². The van der Waals surface area contributed by atoms with E-state index >= 15 is 0 Å². The number of nitrogens with one attached hydrogen (secondary N) is 3. The number of benzene rings is 1. The summed E-state index contributed by atoms with van der Waals surface area (Å²) in [4.78, 5) is 16.4. The second-order valence-corrected chi connectivity index (χ2v) is 7.14. The molecule has 0 aliphatic heterocycles. The van der Waals surface area contributed by atoms with Gasteiger partial charge in [0, 0.05) is 25.6 Å². The van der Waals surface area contributed by atoms with Crippen LogP contribution in [-0.2, 0) is 4.79 Å². The molecule has 0 aromatic heterocycles. The van der Waals surface area contributed by atoms with E-state index in [0.717, 1.165) is 48.8 Å². The summed E-state index contributed by atoms with van der Waals surface area (Å²) in [5.41, 5.74) is 1.09. The fraction of sp³-hybridized carbons (Fsp3) is 0.636. The van der Waals surface area contributed by atoms with E-state index in [1.807, 2.05) is 39.0 Å². The third-order valence-corrected chi connectivity index (χ3v) is 4.54. The fourth-order valence-electron chi connectivity index (χ4n) is 2.90. The minimum absolute atomic E-state index is 0.0425. The van der Waals surface area contributed by atoms with Crippen molar-refractivity contribution in [2.45, 2.75) is 65.5 Å². The first-order valence-corrected chi connectivity index (χ1v) is 10.8. The van der Waals surface area contributed by atoms with Crippen LogP contribution in [0.2, 0.25) is 0 Å². The van der Waals surface area contributed by atoms with Gasteiger partial charge in [-0.2, -0.15) is 0 Å². The molecule has 1 atom stereocenters. The van der Waals surface area contributed by atoms with Crippen LogP contribution in [0.15, 0.2) is 23.2 Å². The molecule has 0 spiro atoms. The van der Waals surface area contributed by atoms with Crippen LogP contribution in [0.4, 0.5) is 0 Å². The van der Waals surface area contributed by atoms with Gasteiger partial charge in [-0.05, 0) is 64.7 Å². The number of hydrogen-bond donors (Lipinski definition) is 3. The summed E-state index contributed by atoms with van der Waals surface area (Å²) >= 11 is 0. The molecule has 0 heterocycles. The Labute approximate surface area is 174 Å². The van der Waals surface area contributed by atoms with E-state index in [1.165, 1.54) is 0 Å². The standard InChI is InChI=1S/C22H36N4O3/c1-5-23-22(24-14-8-9-21(27)26-18-11-12-18)25-16(4)17-10-13-19(28-6-2)20(15-17)29-7-3/h10,13,15-16,18H,5-9,11-12,14H2,1-4H3,(H,26,27)(H2,23,24,25). The van der Waals surface area contributed by atoms with Crippen molar-refractivity contribution >= 4 is 11.9 Å². The molecule has 1 fully saturated rings. The highest BCUT2D eigenvalue weighted by Gasteiger charge is 2.22. The van der Waals surface area contributed by atoms with Crippen molar-refractivity contribution in [3.8, 4) is 11.5 Å². The quantitative estimate of drug-likeness (QED) is 0.283. The monoisotopic (exact) mass is 404 g/mol. The van der Waals surface area contributed by atoms with Crippen molar-refractivity contribution in [2.75, 3.05) is 26.3 Å². The van der Waals surface area contributed by atoms with E-state index in [4.69, 9.17) is 9.47 Å². The normalized spacial score (nSPS) is 14.8. The van der Waals surface area contributed by atoms with Crippen molar-refractivity contribution in [2.24, 2.45) is 4.99 Å². The summed E-state index contributed by atoms with van der Waals surface area (Å²) in [6.45, 7) is 10.6. The van der Waals surface area contributed by atoms with E-state index in [1.54, 1.807) is 0 Å². The Kier molecular flexibility index (Phi) is 9.60. The number of carbonyl (C=O) groups excluding carboxylic acids is 1. The maximum absolute atomic E-state index is 11.8. The Morgan fingerprint density at radius 3 is 2.55 bits per heavy atom. The molecular weight excluding hydrogens is 368 g/mol. The van der Waals surface area contributed by atoms with Crippen molar-refractivity contribution in [1.82, 2.24) is 16.0 Å². The van der Waals surface area contributed by atoms with Crippen molar-refractivity contribution in [3.05, 3.63) is 23.8 Å². The van der Waals surface area contributed by atoms with Crippen LogP contribution in [0, 0.1) is 0 Å². The van der Waals surface area contributed by atoms with Crippen LogP contribution in [0.1, 0.15) is 65.0 Å². The molecule has 3 N–H and O–H groups in total. The zero-order valence-electron chi connectivity index (χ0n) is 18.2. The molecule has 1 unspecified atom stereocenters. The summed E-state index contributed by atoms with van der Waals surface area (Å²) in [5.74, 6) is 2.39. The number of hydrogen-bond acceptors (Lipinski definition) is 4. The molecule has 1 aromatic carbocycles. The Morgan fingerprint density at radius 1 is 1.17 bits per heavy atom. The maximum Gasteiger partial charge on any atom is 0.220 e. The minimum atomic E-state index is 0.0425. The van der Waals surface area contributed by atoms with E-state index in [9.17, 15) is 4.79 Å². The highest BCUT2D eigenvalue weighted by Crippen LogP contribution is 2.30. The lowest BCUT2D eigenvalue weighted by molar-refractivity contribution is -0.121. The van der Waals surface area contributed by atoms with Gasteiger partial charge in [0.1, 0.15) is 0 Å². The first-order valence-electron chi connectivity index (χ1n) is 10.8. The Balaban J connectivity index is 1.91. The van der Waals surface area contributed by atoms with E-state index in [2.05, 4.69) is 27.9 Å². The predicted molar refractivity (Wildman–Crippen MR) is 117 cm³/mol. The summed E-state index contributed by atoms with van der Waals surface area (Å²) < 4.78 is 11.4. The highest BCUT2D eigenvalue weighted by molar-refractivity contribution is 5.80. The maximum atomic E-state index is 11.8. The second kappa shape index (κ2) is 12.2. The molecule has 2 rings (SSSR count). The Bertz CT molecular complexity index is 674. The molecule has 7 nitrogen and oxygen atoms in total. The zero-order chi connectivity index (χ0) is 21.1. The summed E-state index contributed by atoms with van der Waals surface area (Å²) in [5, 5.41) is 9.70. The minimum Gasteiger partial charge on any atom is -0.490 e. The first kappa shape index (κ1) is 22.8. The van der Waals surface area contributed by atoms with Gasteiger partial charge in [0.25, 0.3) is 0 Å². The lowest BCUT2D eigenvalue weighted by atomic mass is 10.1. The third-order valence-electron chi connectivity index (χ3n) is 4.54. The average molecular weight is 405 g/mol. The molecule has 7 heteroatoms. The van der Waals surface area contributed by atoms with Crippen LogP contribution in [-0.4, -0.2) is 44.2 Å². The Morgan fingerprint density at radius 2 is 1.90 bits per heavy atom. The summed E-state index contributed by atoms with van der Waals surface area (Å²) in [6.07, 6.45) is 3.49. The zero-order valence-corrected chi connectivity index (χ0v) is 18.2. The lowest BCUT2D eigenvalue weighted by Crippen LogP contribution is -2.38. The highest BCUT2D eigenvalue weighted by atomic mass is 16.5. The molecule has 1 aliphatic carbocycles. The lowest BCUT2D eigenvalue weighted by Gasteiger charge is -2.20. The molecule has 0 bridgehead atoms. The number of amides is 1. The van der Waals surface area contributed by atoms with Crippen LogP contribution in [0.5, 0.6) is 11.5 Å². The number of aliphatic imine (C=N–C) groups is 1. The average Bonchev–Trinajstić information content (AvgIpc) is 3.51. The molecular formula is C22H36N4O3. The Hall–Kier alpha value is -2.44. The van der Waals surface area contributed by atoms with E-state index < -0.39 is 0 Å². The van der Waals surface area contributed by atoms with E-state index in [0.29, 0.717) is 32.2 Å². The van der Waals surface area contributed by atoms with Gasteiger partial charge in [-0.1, -0.05) is 6.07 Å². The van der Waals surface area contributed by atoms with Crippen molar-refractivity contribution in [1.29, 1.82) is 0 Å². The van der Waals surface area contributed by atoms with Gasteiger partial charge in [-0.3, -0.25) is 9.79 Å². The number of nitrogens with zero attached hydrogens (tertiary/aromatic N) is 1. The van der Waals surface area contributed by atoms with Gasteiger partial charge in [-0.15, -0.1) is 0 Å². The van der Waals surface area contributed by atoms with Crippen molar-refractivity contribution < 1.29 is 14.3 Å². The smallest absolute Gasteiger partial charge is 0.220 e. The van der Waals surface area contributed by atoms with Crippen LogP contribution >= 0.6 is 0 Å². The summed E-state index contributed by atoms with van der Waals surface area (Å²) in [7, 11) is 0. The van der Waals surface area contributed by atoms with Crippen LogP contribution in [0.3, 0.4) is 0 Å². The number of rotatable bonds is 12. The summed E-state index contributed by atoms with van der Waals surface area (Å²) in [6, 6.07) is 6.46. The molecule has 1 saturated carbocycles. The van der Waals surface area contributed by atoms with Gasteiger partial charge in [0.15, 0.2) is 17.5 Å². The van der Waals surface area contributed by atoms with Gasteiger partial charge in [-0.25, -0.2) is 0 Å².